The van der Waals surface area contributed by atoms with E-state index in [9.17, 15) is 4.79 Å². The number of carboxylic acids is 1. The minimum absolute atomic E-state index is 0.119. The molecule has 0 radical (unpaired) electrons. The van der Waals surface area contributed by atoms with Crippen molar-refractivity contribution in [3.8, 4) is 6.07 Å². The molecule has 0 unspecified atom stereocenters. The molecule has 0 spiro atoms. The van der Waals surface area contributed by atoms with Gasteiger partial charge in [-0.1, -0.05) is 15.9 Å². The number of nitrogens with zero attached hydrogens (tertiary/aromatic N) is 1. The standard InChI is InChI=1S/C9H6BrNO2/c1-5-7(4-11)2-6(9(12)13)3-8(5)10/h2-3H,1H3,(H,12,13). The summed E-state index contributed by atoms with van der Waals surface area (Å²) in [4.78, 5) is 10.6. The summed E-state index contributed by atoms with van der Waals surface area (Å²) in [6, 6.07) is 4.79. The van der Waals surface area contributed by atoms with Crippen molar-refractivity contribution >= 4 is 21.9 Å². The van der Waals surface area contributed by atoms with Gasteiger partial charge in [0.25, 0.3) is 0 Å². The predicted octanol–water partition coefficient (Wildman–Crippen LogP) is 2.33. The van der Waals surface area contributed by atoms with Crippen LogP contribution >= 0.6 is 15.9 Å². The molecule has 13 heavy (non-hydrogen) atoms. The lowest BCUT2D eigenvalue weighted by atomic mass is 10.1. The first-order valence-corrected chi connectivity index (χ1v) is 4.29. The van der Waals surface area contributed by atoms with E-state index in [0.717, 1.165) is 5.56 Å². The number of halogens is 1. The van der Waals surface area contributed by atoms with E-state index in [0.29, 0.717) is 10.0 Å². The molecule has 0 aromatic heterocycles. The molecule has 0 amide bonds. The van der Waals surface area contributed by atoms with Gasteiger partial charge in [0.15, 0.2) is 0 Å². The normalized spacial score (nSPS) is 9.31. The van der Waals surface area contributed by atoms with Crippen LogP contribution in [0.2, 0.25) is 0 Å². The lowest BCUT2D eigenvalue weighted by Gasteiger charge is -2.02. The maximum atomic E-state index is 10.6. The van der Waals surface area contributed by atoms with Gasteiger partial charge in [0, 0.05) is 4.47 Å². The Balaban J connectivity index is 3.41. The third kappa shape index (κ3) is 1.87. The van der Waals surface area contributed by atoms with Crippen LogP contribution in [0.3, 0.4) is 0 Å². The van der Waals surface area contributed by atoms with Crippen molar-refractivity contribution < 1.29 is 9.90 Å². The molecule has 0 saturated carbocycles. The Morgan fingerprint density at radius 3 is 2.69 bits per heavy atom. The Morgan fingerprint density at radius 2 is 2.23 bits per heavy atom. The number of carboxylic acid groups (broad SMARTS) is 1. The van der Waals surface area contributed by atoms with Gasteiger partial charge in [-0.3, -0.25) is 0 Å². The van der Waals surface area contributed by atoms with Gasteiger partial charge in [-0.15, -0.1) is 0 Å². The molecular weight excluding hydrogens is 234 g/mol. The third-order valence-electron chi connectivity index (χ3n) is 1.71. The summed E-state index contributed by atoms with van der Waals surface area (Å²) < 4.78 is 0.643. The largest absolute Gasteiger partial charge is 0.478 e. The van der Waals surface area contributed by atoms with Crippen molar-refractivity contribution in [2.75, 3.05) is 0 Å². The van der Waals surface area contributed by atoms with Crippen LogP contribution in [0.15, 0.2) is 16.6 Å². The SMILES string of the molecule is Cc1c(Br)cc(C(=O)O)cc1C#N. The van der Waals surface area contributed by atoms with E-state index < -0.39 is 5.97 Å². The number of benzene rings is 1. The predicted molar refractivity (Wildman–Crippen MR) is 50.6 cm³/mol. The van der Waals surface area contributed by atoms with E-state index in [1.54, 1.807) is 6.92 Å². The molecule has 66 valence electrons. The molecule has 0 bridgehead atoms. The molecule has 0 heterocycles. The molecule has 0 fully saturated rings. The van der Waals surface area contributed by atoms with Crippen LogP contribution in [0.4, 0.5) is 0 Å². The van der Waals surface area contributed by atoms with Crippen molar-refractivity contribution in [1.82, 2.24) is 0 Å². The summed E-state index contributed by atoms with van der Waals surface area (Å²) in [5.74, 6) is -1.03. The molecule has 1 aromatic carbocycles. The second-order valence-electron chi connectivity index (χ2n) is 2.55. The van der Waals surface area contributed by atoms with E-state index in [1.807, 2.05) is 6.07 Å². The van der Waals surface area contributed by atoms with Crippen molar-refractivity contribution in [2.45, 2.75) is 6.92 Å². The average Bonchev–Trinajstić information content (AvgIpc) is 2.09. The Bertz CT molecular complexity index is 407. The molecule has 1 N–H and O–H groups in total. The Kier molecular flexibility index (Phi) is 2.69. The van der Waals surface area contributed by atoms with Crippen molar-refractivity contribution in [1.29, 1.82) is 5.26 Å². The van der Waals surface area contributed by atoms with E-state index in [-0.39, 0.29) is 5.56 Å². The highest BCUT2D eigenvalue weighted by molar-refractivity contribution is 9.10. The fourth-order valence-corrected chi connectivity index (χ4v) is 1.38. The van der Waals surface area contributed by atoms with Crippen molar-refractivity contribution in [3.63, 3.8) is 0 Å². The summed E-state index contributed by atoms with van der Waals surface area (Å²) in [5.41, 5.74) is 1.26. The van der Waals surface area contributed by atoms with Crippen LogP contribution in [0.5, 0.6) is 0 Å². The molecule has 0 atom stereocenters. The van der Waals surface area contributed by atoms with Crippen LogP contribution in [0.1, 0.15) is 21.5 Å². The van der Waals surface area contributed by atoms with Gasteiger partial charge in [0.05, 0.1) is 17.2 Å². The maximum absolute atomic E-state index is 10.6. The van der Waals surface area contributed by atoms with Gasteiger partial charge in [-0.2, -0.15) is 5.26 Å². The summed E-state index contributed by atoms with van der Waals surface area (Å²) in [6.45, 7) is 1.76. The van der Waals surface area contributed by atoms with Crippen molar-refractivity contribution in [2.24, 2.45) is 0 Å². The second kappa shape index (κ2) is 3.58. The van der Waals surface area contributed by atoms with Gasteiger partial charge in [0.2, 0.25) is 0 Å². The molecule has 0 aliphatic heterocycles. The summed E-state index contributed by atoms with van der Waals surface area (Å²) in [6.07, 6.45) is 0. The maximum Gasteiger partial charge on any atom is 0.335 e. The third-order valence-corrected chi connectivity index (χ3v) is 2.54. The fraction of sp³-hybridized carbons (Fsp3) is 0.111. The van der Waals surface area contributed by atoms with Crippen LogP contribution in [0.25, 0.3) is 0 Å². The van der Waals surface area contributed by atoms with Crippen LogP contribution in [-0.2, 0) is 0 Å². The van der Waals surface area contributed by atoms with E-state index >= 15 is 0 Å². The summed E-state index contributed by atoms with van der Waals surface area (Å²) in [5, 5.41) is 17.4. The van der Waals surface area contributed by atoms with E-state index in [2.05, 4.69) is 15.9 Å². The molecule has 3 nitrogen and oxygen atoms in total. The van der Waals surface area contributed by atoms with Crippen LogP contribution < -0.4 is 0 Å². The Hall–Kier alpha value is -1.34. The quantitative estimate of drug-likeness (QED) is 0.819. The van der Waals surface area contributed by atoms with E-state index in [1.165, 1.54) is 12.1 Å². The Labute approximate surface area is 83.7 Å². The van der Waals surface area contributed by atoms with Gasteiger partial charge in [-0.25, -0.2) is 4.79 Å². The lowest BCUT2D eigenvalue weighted by molar-refractivity contribution is 0.0697. The van der Waals surface area contributed by atoms with Gasteiger partial charge in [-0.05, 0) is 24.6 Å². The fourth-order valence-electron chi connectivity index (χ4n) is 0.918. The zero-order valence-electron chi connectivity index (χ0n) is 6.84. The monoisotopic (exact) mass is 239 g/mol. The average molecular weight is 240 g/mol. The molecule has 0 aliphatic rings. The highest BCUT2D eigenvalue weighted by Gasteiger charge is 2.09. The first kappa shape index (κ1) is 9.75. The number of carbonyl (C=O) groups is 1. The lowest BCUT2D eigenvalue weighted by Crippen LogP contribution is -1.98. The van der Waals surface area contributed by atoms with E-state index in [4.69, 9.17) is 10.4 Å². The molecule has 4 heteroatoms. The first-order chi connectivity index (χ1) is 6.06. The zero-order valence-corrected chi connectivity index (χ0v) is 8.42. The minimum Gasteiger partial charge on any atom is -0.478 e. The molecular formula is C9H6BrNO2. The topological polar surface area (TPSA) is 61.1 Å². The minimum atomic E-state index is -1.03. The van der Waals surface area contributed by atoms with Gasteiger partial charge in [0.1, 0.15) is 0 Å². The summed E-state index contributed by atoms with van der Waals surface area (Å²) >= 11 is 3.19. The van der Waals surface area contributed by atoms with Crippen LogP contribution in [-0.4, -0.2) is 11.1 Å². The smallest absolute Gasteiger partial charge is 0.335 e. The number of aromatic carboxylic acids is 1. The molecule has 0 saturated heterocycles. The second-order valence-corrected chi connectivity index (χ2v) is 3.40. The van der Waals surface area contributed by atoms with Gasteiger partial charge < -0.3 is 5.11 Å². The molecule has 1 aromatic rings. The number of nitriles is 1. The Morgan fingerprint density at radius 1 is 1.62 bits per heavy atom. The number of hydrogen-bond donors (Lipinski definition) is 1. The van der Waals surface area contributed by atoms with Gasteiger partial charge >= 0.3 is 5.97 Å². The van der Waals surface area contributed by atoms with Crippen molar-refractivity contribution in [3.05, 3.63) is 33.3 Å². The number of hydrogen-bond acceptors (Lipinski definition) is 2. The highest BCUT2D eigenvalue weighted by atomic mass is 79.9. The molecule has 1 rings (SSSR count). The van der Waals surface area contributed by atoms with Crippen LogP contribution in [0, 0.1) is 18.3 Å². The first-order valence-electron chi connectivity index (χ1n) is 3.50. The zero-order chi connectivity index (χ0) is 10.0. The number of rotatable bonds is 1. The molecule has 0 aliphatic carbocycles. The highest BCUT2D eigenvalue weighted by Crippen LogP contribution is 2.21. The summed E-state index contributed by atoms with van der Waals surface area (Å²) in [7, 11) is 0.